The van der Waals surface area contributed by atoms with Crippen molar-refractivity contribution < 1.29 is 18.8 Å². The van der Waals surface area contributed by atoms with Crippen LogP contribution in [0, 0.1) is 0 Å². The number of aliphatic hydroxyl groups is 1. The fraction of sp³-hybridized carbons (Fsp3) is 0.333. The van der Waals surface area contributed by atoms with Crippen molar-refractivity contribution in [3.63, 3.8) is 0 Å². The summed E-state index contributed by atoms with van der Waals surface area (Å²) < 4.78 is 28.3. The van der Waals surface area contributed by atoms with Crippen molar-refractivity contribution >= 4 is 28.9 Å². The number of fused-ring (bicyclic) bond motifs is 1. The van der Waals surface area contributed by atoms with Crippen molar-refractivity contribution in [2.75, 3.05) is 24.7 Å². The number of ether oxygens (including phenoxy) is 1. The first-order valence-corrected chi connectivity index (χ1v) is 8.71. The van der Waals surface area contributed by atoms with Gasteiger partial charge in [0.2, 0.25) is 5.88 Å². The van der Waals surface area contributed by atoms with Gasteiger partial charge in [0.05, 0.1) is 29.5 Å². The molecule has 0 radical (unpaired) electrons. The van der Waals surface area contributed by atoms with Crippen LogP contribution in [0.25, 0.3) is 5.65 Å². The molecule has 4 rings (SSSR count). The lowest BCUT2D eigenvalue weighted by molar-refractivity contribution is 0.0448. The van der Waals surface area contributed by atoms with Gasteiger partial charge in [-0.05, 0) is 25.0 Å². The van der Waals surface area contributed by atoms with Gasteiger partial charge in [-0.3, -0.25) is 4.79 Å². The second kappa shape index (κ2) is 7.31. The molecule has 10 heteroatoms. The molecule has 146 valence electrons. The molecular weight excluding hydrogens is 362 g/mol. The number of hydrogen-bond acceptors (Lipinski definition) is 8. The highest BCUT2D eigenvalue weighted by molar-refractivity contribution is 6.00. The van der Waals surface area contributed by atoms with Gasteiger partial charge in [0.15, 0.2) is 5.65 Å². The number of pyridine rings is 1. The van der Waals surface area contributed by atoms with Crippen molar-refractivity contribution in [3.8, 4) is 5.88 Å². The Morgan fingerprint density at radius 2 is 2.36 bits per heavy atom. The lowest BCUT2D eigenvalue weighted by Gasteiger charge is -2.32. The summed E-state index contributed by atoms with van der Waals surface area (Å²) in [5.74, 6) is 0.356. The summed E-state index contributed by atoms with van der Waals surface area (Å²) in [6, 6.07) is 4.57. The SMILES string of the molecule is [2H]C([2H])([2H])Oc1ncccc1Nc1cc(NC)n2ncc(C(=O)N[C@H]3CC[C@H]3O)c2n1. The summed E-state index contributed by atoms with van der Waals surface area (Å²) in [4.78, 5) is 21.1. The Balaban J connectivity index is 1.67. The first-order valence-electron chi connectivity index (χ1n) is 10.2. The monoisotopic (exact) mass is 386 g/mol. The quantitative estimate of drug-likeness (QED) is 0.497. The van der Waals surface area contributed by atoms with Gasteiger partial charge in [0.25, 0.3) is 5.91 Å². The van der Waals surface area contributed by atoms with E-state index in [1.807, 2.05) is 0 Å². The van der Waals surface area contributed by atoms with E-state index in [0.29, 0.717) is 30.2 Å². The Labute approximate surface area is 165 Å². The van der Waals surface area contributed by atoms with Crippen molar-refractivity contribution in [2.24, 2.45) is 0 Å². The van der Waals surface area contributed by atoms with Gasteiger partial charge < -0.3 is 25.8 Å². The molecule has 1 aliphatic carbocycles. The molecule has 4 N–H and O–H groups in total. The van der Waals surface area contributed by atoms with Gasteiger partial charge in [-0.15, -0.1) is 0 Å². The van der Waals surface area contributed by atoms with Crippen LogP contribution < -0.4 is 20.7 Å². The molecule has 1 fully saturated rings. The summed E-state index contributed by atoms with van der Waals surface area (Å²) >= 11 is 0. The van der Waals surface area contributed by atoms with E-state index in [-0.39, 0.29) is 23.1 Å². The maximum Gasteiger partial charge on any atom is 0.257 e. The van der Waals surface area contributed by atoms with Crippen LogP contribution in [0.3, 0.4) is 0 Å². The molecule has 0 bridgehead atoms. The minimum absolute atomic E-state index is 0.111. The van der Waals surface area contributed by atoms with Crippen LogP contribution in [-0.2, 0) is 0 Å². The predicted molar refractivity (Wildman–Crippen MR) is 103 cm³/mol. The molecule has 0 saturated heterocycles. The van der Waals surface area contributed by atoms with E-state index in [4.69, 9.17) is 8.85 Å². The van der Waals surface area contributed by atoms with Crippen molar-refractivity contribution in [1.29, 1.82) is 0 Å². The predicted octanol–water partition coefficient (Wildman–Crippen LogP) is 1.17. The molecule has 10 nitrogen and oxygen atoms in total. The van der Waals surface area contributed by atoms with Crippen LogP contribution in [0.4, 0.5) is 17.3 Å². The minimum Gasteiger partial charge on any atom is -0.480 e. The molecule has 1 aliphatic rings. The summed E-state index contributed by atoms with van der Waals surface area (Å²) in [7, 11) is -0.973. The average Bonchev–Trinajstić information content (AvgIpc) is 3.14. The van der Waals surface area contributed by atoms with E-state index in [0.717, 1.165) is 0 Å². The van der Waals surface area contributed by atoms with Crippen molar-refractivity contribution in [2.45, 2.75) is 25.0 Å². The lowest BCUT2D eigenvalue weighted by Crippen LogP contribution is -2.50. The Hall–Kier alpha value is -3.40. The molecule has 2 atom stereocenters. The molecule has 28 heavy (non-hydrogen) atoms. The first kappa shape index (κ1) is 14.6. The van der Waals surface area contributed by atoms with Gasteiger partial charge in [-0.2, -0.15) is 9.61 Å². The highest BCUT2D eigenvalue weighted by Gasteiger charge is 2.31. The summed E-state index contributed by atoms with van der Waals surface area (Å²) in [6.07, 6.45) is 3.63. The average molecular weight is 386 g/mol. The van der Waals surface area contributed by atoms with Crippen molar-refractivity contribution in [3.05, 3.63) is 36.2 Å². The fourth-order valence-corrected chi connectivity index (χ4v) is 2.97. The van der Waals surface area contributed by atoms with Gasteiger partial charge in [-0.1, -0.05) is 0 Å². The highest BCUT2D eigenvalue weighted by atomic mass is 16.5. The zero-order valence-corrected chi connectivity index (χ0v) is 15.0. The van der Waals surface area contributed by atoms with Crippen molar-refractivity contribution in [1.82, 2.24) is 24.9 Å². The number of rotatable bonds is 6. The second-order valence-corrected chi connectivity index (χ2v) is 6.38. The normalized spacial score (nSPS) is 20.4. The minimum atomic E-state index is -2.67. The zero-order valence-electron chi connectivity index (χ0n) is 18.0. The van der Waals surface area contributed by atoms with E-state index in [1.165, 1.54) is 16.9 Å². The van der Waals surface area contributed by atoms with E-state index >= 15 is 0 Å². The van der Waals surface area contributed by atoms with Crippen LogP contribution in [0.5, 0.6) is 5.88 Å². The highest BCUT2D eigenvalue weighted by Crippen LogP contribution is 2.27. The first-order chi connectivity index (χ1) is 14.7. The molecule has 1 saturated carbocycles. The Bertz CT molecular complexity index is 1120. The third-order valence-corrected chi connectivity index (χ3v) is 4.66. The van der Waals surface area contributed by atoms with E-state index in [9.17, 15) is 9.90 Å². The molecule has 0 spiro atoms. The maximum absolute atomic E-state index is 12.7. The Kier molecular flexibility index (Phi) is 3.82. The molecule has 1 amide bonds. The number of carbonyl (C=O) groups is 1. The number of carbonyl (C=O) groups excluding carboxylic acids is 1. The van der Waals surface area contributed by atoms with E-state index in [1.54, 1.807) is 25.2 Å². The van der Waals surface area contributed by atoms with Gasteiger partial charge in [0, 0.05) is 19.3 Å². The zero-order chi connectivity index (χ0) is 22.2. The molecule has 0 aromatic carbocycles. The number of aromatic nitrogens is 4. The Morgan fingerprint density at radius 1 is 1.46 bits per heavy atom. The van der Waals surface area contributed by atoms with Gasteiger partial charge in [0.1, 0.15) is 22.9 Å². The largest absolute Gasteiger partial charge is 0.480 e. The van der Waals surface area contributed by atoms with Gasteiger partial charge >= 0.3 is 0 Å². The lowest BCUT2D eigenvalue weighted by atomic mass is 9.89. The van der Waals surface area contributed by atoms with E-state index in [2.05, 4.69) is 31.0 Å². The number of nitrogens with zero attached hydrogens (tertiary/aromatic N) is 4. The van der Waals surface area contributed by atoms with Crippen LogP contribution >= 0.6 is 0 Å². The third-order valence-electron chi connectivity index (χ3n) is 4.66. The summed E-state index contributed by atoms with van der Waals surface area (Å²) in [6.45, 7) is 0. The standard InChI is InChI=1S/C18H21N7O3/c1-19-15-8-14(22-12-4-3-7-20-18(12)28-2)24-16-10(9-21-25(15)16)17(27)23-11-5-6-13(11)26/h3-4,7-9,11,13,19,26H,5-6H2,1-2H3,(H,22,24)(H,23,27)/t11-,13+/m0/s1/i2D3. The van der Waals surface area contributed by atoms with Crippen LogP contribution in [-0.4, -0.2) is 56.8 Å². The molecular formula is C18H21N7O3. The Morgan fingerprint density at radius 3 is 3.07 bits per heavy atom. The smallest absolute Gasteiger partial charge is 0.257 e. The van der Waals surface area contributed by atoms with E-state index < -0.39 is 19.0 Å². The molecule has 3 aromatic heterocycles. The van der Waals surface area contributed by atoms with Crippen LogP contribution in [0.15, 0.2) is 30.6 Å². The van der Waals surface area contributed by atoms with Gasteiger partial charge in [-0.25, -0.2) is 9.97 Å². The number of methoxy groups -OCH3 is 1. The number of hydrogen-bond donors (Lipinski definition) is 4. The van der Waals surface area contributed by atoms with Crippen LogP contribution in [0.2, 0.25) is 0 Å². The maximum atomic E-state index is 12.7. The molecule has 0 unspecified atom stereocenters. The molecule has 0 aliphatic heterocycles. The number of nitrogens with one attached hydrogen (secondary N) is 3. The fourth-order valence-electron chi connectivity index (χ4n) is 2.97. The topological polar surface area (TPSA) is 126 Å². The molecule has 3 heterocycles. The number of amides is 1. The number of aliphatic hydroxyl groups excluding tert-OH is 1. The molecule has 3 aromatic rings. The summed E-state index contributed by atoms with van der Waals surface area (Å²) in [5.41, 5.74) is 0.813. The third kappa shape index (κ3) is 3.18. The van der Waals surface area contributed by atoms with Crippen LogP contribution in [0.1, 0.15) is 27.3 Å². The summed E-state index contributed by atoms with van der Waals surface area (Å²) in [5, 5.41) is 22.7. The second-order valence-electron chi connectivity index (χ2n) is 6.38. The number of anilines is 3.